The summed E-state index contributed by atoms with van der Waals surface area (Å²) in [7, 11) is 0. The third kappa shape index (κ3) is 3.64. The van der Waals surface area contributed by atoms with Crippen molar-refractivity contribution in [2.45, 2.75) is 13.5 Å². The lowest BCUT2D eigenvalue weighted by Crippen LogP contribution is -2.18. The maximum atomic E-state index is 12.5. The van der Waals surface area contributed by atoms with Crippen molar-refractivity contribution >= 4 is 11.6 Å². The maximum Gasteiger partial charge on any atom is 0.291 e. The number of hydrogen-bond donors (Lipinski definition) is 1. The van der Waals surface area contributed by atoms with Crippen LogP contribution in [0.2, 0.25) is 0 Å². The number of rotatable bonds is 5. The van der Waals surface area contributed by atoms with Crippen LogP contribution in [0.4, 0.5) is 5.69 Å². The van der Waals surface area contributed by atoms with Gasteiger partial charge < -0.3 is 14.3 Å². The molecule has 0 saturated heterocycles. The van der Waals surface area contributed by atoms with Crippen molar-refractivity contribution in [2.75, 3.05) is 5.32 Å². The first-order chi connectivity index (χ1) is 13.6. The molecule has 0 saturated carbocycles. The van der Waals surface area contributed by atoms with E-state index in [1.807, 2.05) is 37.4 Å². The molecule has 0 aliphatic heterocycles. The molecule has 3 aromatic heterocycles. The van der Waals surface area contributed by atoms with Gasteiger partial charge in [0.05, 0.1) is 12.2 Å². The largest absolute Gasteiger partial charge is 0.454 e. The van der Waals surface area contributed by atoms with Crippen LogP contribution < -0.4 is 10.9 Å². The first-order valence-corrected chi connectivity index (χ1v) is 8.76. The maximum absolute atomic E-state index is 12.5. The molecule has 0 aliphatic carbocycles. The SMILES string of the molecule is Cc1cc(-n2cccn2)ccc1NC(=O)c1ccc(Cn2ccccc2=O)o1. The van der Waals surface area contributed by atoms with E-state index < -0.39 is 0 Å². The molecule has 1 amide bonds. The highest BCUT2D eigenvalue weighted by atomic mass is 16.4. The molecule has 0 unspecified atom stereocenters. The minimum absolute atomic E-state index is 0.127. The number of pyridine rings is 1. The van der Waals surface area contributed by atoms with E-state index in [-0.39, 0.29) is 23.8 Å². The van der Waals surface area contributed by atoms with Crippen molar-refractivity contribution in [1.82, 2.24) is 14.3 Å². The molecule has 0 atom stereocenters. The Morgan fingerprint density at radius 1 is 1.11 bits per heavy atom. The van der Waals surface area contributed by atoms with E-state index in [0.717, 1.165) is 11.3 Å². The number of aromatic nitrogens is 3. The molecule has 0 aliphatic rings. The zero-order valence-electron chi connectivity index (χ0n) is 15.2. The van der Waals surface area contributed by atoms with Gasteiger partial charge in [-0.15, -0.1) is 0 Å². The van der Waals surface area contributed by atoms with Gasteiger partial charge in [-0.2, -0.15) is 5.10 Å². The average Bonchev–Trinajstić information content (AvgIpc) is 3.37. The molecule has 0 bridgehead atoms. The summed E-state index contributed by atoms with van der Waals surface area (Å²) < 4.78 is 8.88. The highest BCUT2D eigenvalue weighted by Gasteiger charge is 2.13. The molecule has 0 radical (unpaired) electrons. The second-order valence-corrected chi connectivity index (χ2v) is 6.34. The zero-order valence-corrected chi connectivity index (χ0v) is 15.2. The van der Waals surface area contributed by atoms with E-state index in [1.165, 1.54) is 10.6 Å². The Kier molecular flexibility index (Phi) is 4.63. The fourth-order valence-electron chi connectivity index (χ4n) is 2.88. The number of benzene rings is 1. The minimum Gasteiger partial charge on any atom is -0.454 e. The first-order valence-electron chi connectivity index (χ1n) is 8.76. The molecular weight excluding hydrogens is 356 g/mol. The van der Waals surface area contributed by atoms with Crippen molar-refractivity contribution in [3.8, 4) is 5.69 Å². The van der Waals surface area contributed by atoms with Crippen molar-refractivity contribution in [2.24, 2.45) is 0 Å². The number of nitrogens with one attached hydrogen (secondary N) is 1. The van der Waals surface area contributed by atoms with Crippen LogP contribution >= 0.6 is 0 Å². The van der Waals surface area contributed by atoms with Gasteiger partial charge in [-0.05, 0) is 55.0 Å². The molecule has 7 nitrogen and oxygen atoms in total. The van der Waals surface area contributed by atoms with Gasteiger partial charge in [0, 0.05) is 30.3 Å². The molecule has 0 fully saturated rings. The number of aryl methyl sites for hydroxylation is 1. The Morgan fingerprint density at radius 3 is 2.75 bits per heavy atom. The van der Waals surface area contributed by atoms with Gasteiger partial charge in [-0.3, -0.25) is 9.59 Å². The Labute approximate surface area is 160 Å². The first kappa shape index (κ1) is 17.5. The summed E-state index contributed by atoms with van der Waals surface area (Å²) in [4.78, 5) is 24.3. The third-order valence-corrected chi connectivity index (χ3v) is 4.34. The third-order valence-electron chi connectivity index (χ3n) is 4.34. The Hall–Kier alpha value is -3.87. The Morgan fingerprint density at radius 2 is 2.00 bits per heavy atom. The summed E-state index contributed by atoms with van der Waals surface area (Å²) in [5, 5.41) is 7.06. The summed E-state index contributed by atoms with van der Waals surface area (Å²) in [5.74, 6) is 0.375. The second kappa shape index (κ2) is 7.40. The average molecular weight is 374 g/mol. The predicted molar refractivity (Wildman–Crippen MR) is 105 cm³/mol. The highest BCUT2D eigenvalue weighted by molar-refractivity contribution is 6.02. The Balaban J connectivity index is 1.48. The number of furan rings is 1. The molecule has 4 rings (SSSR count). The quantitative estimate of drug-likeness (QED) is 0.581. The van der Waals surface area contributed by atoms with Crippen molar-refractivity contribution < 1.29 is 9.21 Å². The standard InChI is InChI=1S/C21H18N4O3/c1-15-13-16(25-12-4-10-22-25)6-8-18(15)23-21(27)19-9-7-17(28-19)14-24-11-3-2-5-20(24)26/h2-13H,14H2,1H3,(H,23,27). The van der Waals surface area contributed by atoms with E-state index in [1.54, 1.807) is 41.3 Å². The van der Waals surface area contributed by atoms with Gasteiger partial charge in [-0.25, -0.2) is 4.68 Å². The zero-order chi connectivity index (χ0) is 19.5. The highest BCUT2D eigenvalue weighted by Crippen LogP contribution is 2.20. The molecule has 1 N–H and O–H groups in total. The van der Waals surface area contributed by atoms with Crippen LogP contribution in [0.1, 0.15) is 21.9 Å². The number of amides is 1. The van der Waals surface area contributed by atoms with Crippen LogP contribution in [-0.4, -0.2) is 20.3 Å². The molecule has 7 heteroatoms. The number of hydrogen-bond acceptors (Lipinski definition) is 4. The summed E-state index contributed by atoms with van der Waals surface area (Å²) in [5.41, 5.74) is 2.38. The number of carbonyl (C=O) groups is 1. The number of anilines is 1. The lowest BCUT2D eigenvalue weighted by Gasteiger charge is -2.09. The summed E-state index contributed by atoms with van der Waals surface area (Å²) >= 11 is 0. The fraction of sp³-hybridized carbons (Fsp3) is 0.0952. The van der Waals surface area contributed by atoms with Gasteiger partial charge in [-0.1, -0.05) is 6.07 Å². The van der Waals surface area contributed by atoms with E-state index in [4.69, 9.17) is 4.42 Å². The summed E-state index contributed by atoms with van der Waals surface area (Å²) in [6.07, 6.45) is 5.24. The lowest BCUT2D eigenvalue weighted by molar-refractivity contribution is 0.0994. The molecule has 28 heavy (non-hydrogen) atoms. The lowest BCUT2D eigenvalue weighted by atomic mass is 10.1. The number of carbonyl (C=O) groups excluding carboxylic acids is 1. The van der Waals surface area contributed by atoms with Crippen LogP contribution in [0.15, 0.2) is 82.4 Å². The molecule has 3 heterocycles. The van der Waals surface area contributed by atoms with E-state index >= 15 is 0 Å². The van der Waals surface area contributed by atoms with E-state index in [9.17, 15) is 9.59 Å². The van der Waals surface area contributed by atoms with Gasteiger partial charge in [0.1, 0.15) is 5.76 Å². The molecule has 0 spiro atoms. The topological polar surface area (TPSA) is 82.1 Å². The van der Waals surface area contributed by atoms with Gasteiger partial charge >= 0.3 is 0 Å². The molecule has 140 valence electrons. The van der Waals surface area contributed by atoms with Crippen LogP contribution in [0, 0.1) is 6.92 Å². The van der Waals surface area contributed by atoms with Gasteiger partial charge in [0.15, 0.2) is 5.76 Å². The van der Waals surface area contributed by atoms with Crippen LogP contribution in [0.3, 0.4) is 0 Å². The summed E-state index contributed by atoms with van der Waals surface area (Å²) in [6, 6.07) is 15.7. The van der Waals surface area contributed by atoms with Crippen molar-refractivity contribution in [3.05, 3.63) is 101 Å². The molecular formula is C21H18N4O3. The normalized spacial score (nSPS) is 10.8. The number of nitrogens with zero attached hydrogens (tertiary/aromatic N) is 3. The smallest absolute Gasteiger partial charge is 0.291 e. The van der Waals surface area contributed by atoms with Crippen LogP contribution in [0.5, 0.6) is 0 Å². The van der Waals surface area contributed by atoms with Gasteiger partial charge in [0.2, 0.25) is 0 Å². The van der Waals surface area contributed by atoms with E-state index in [2.05, 4.69) is 10.4 Å². The second-order valence-electron chi connectivity index (χ2n) is 6.34. The van der Waals surface area contributed by atoms with Crippen LogP contribution in [-0.2, 0) is 6.54 Å². The fourth-order valence-corrected chi connectivity index (χ4v) is 2.88. The molecule has 4 aromatic rings. The van der Waals surface area contributed by atoms with E-state index in [0.29, 0.717) is 11.4 Å². The Bertz CT molecular complexity index is 1170. The van der Waals surface area contributed by atoms with Crippen molar-refractivity contribution in [3.63, 3.8) is 0 Å². The summed E-state index contributed by atoms with van der Waals surface area (Å²) in [6.45, 7) is 2.18. The van der Waals surface area contributed by atoms with Gasteiger partial charge in [0.25, 0.3) is 11.5 Å². The van der Waals surface area contributed by atoms with Crippen molar-refractivity contribution in [1.29, 1.82) is 0 Å². The molecule has 1 aromatic carbocycles. The predicted octanol–water partition coefficient (Wildman–Crippen LogP) is 3.24. The minimum atomic E-state index is -0.346. The monoisotopic (exact) mass is 374 g/mol. The van der Waals surface area contributed by atoms with Crippen LogP contribution in [0.25, 0.3) is 5.69 Å².